The zero-order valence-corrected chi connectivity index (χ0v) is 24.1. The van der Waals surface area contributed by atoms with Gasteiger partial charge in [0.2, 0.25) is 6.23 Å². The number of rotatable bonds is 19. The topological polar surface area (TPSA) is 70.5 Å². The minimum Gasteiger partial charge on any atom is -0.475 e. The highest BCUT2D eigenvalue weighted by Gasteiger charge is 2.39. The van der Waals surface area contributed by atoms with Crippen LogP contribution in [0.15, 0.2) is 6.08 Å². The van der Waals surface area contributed by atoms with E-state index in [4.69, 9.17) is 14.2 Å². The zero-order valence-electron chi connectivity index (χ0n) is 23.3. The molecule has 1 aliphatic heterocycles. The van der Waals surface area contributed by atoms with E-state index in [2.05, 4.69) is 35.7 Å². The molecule has 2 heterocycles. The van der Waals surface area contributed by atoms with Gasteiger partial charge in [0.05, 0.1) is 38.5 Å². The van der Waals surface area contributed by atoms with Crippen molar-refractivity contribution < 1.29 is 23.5 Å². The van der Waals surface area contributed by atoms with Gasteiger partial charge in [-0.3, -0.25) is 4.48 Å². The molecule has 0 spiro atoms. The van der Waals surface area contributed by atoms with Gasteiger partial charge in [-0.1, -0.05) is 84.6 Å². The molecule has 0 saturated carbocycles. The first-order valence-corrected chi connectivity index (χ1v) is 15.1. The van der Waals surface area contributed by atoms with Crippen LogP contribution in [0, 0.1) is 0 Å². The van der Waals surface area contributed by atoms with E-state index >= 15 is 0 Å². The maximum absolute atomic E-state index is 12.5. The number of hydrogen-bond donors (Lipinski definition) is 0. The molecule has 0 saturated heterocycles. The standard InChI is InChI=1S/C28H50N3O4S/c1-5-8-10-12-13-14-15-19-25(35-28(32)34-21-7-3)31(4)20-17-18-24(23-31)26-27(30-36-29-26)33-22-16-11-9-6-2/h18,25H,5-17,19-23H2,1-4H3/q+1. The molecule has 2 rings (SSSR count). The van der Waals surface area contributed by atoms with Crippen molar-refractivity contribution in [1.29, 1.82) is 0 Å². The second kappa shape index (κ2) is 17.7. The first kappa shape index (κ1) is 30.6. The summed E-state index contributed by atoms with van der Waals surface area (Å²) in [5, 5.41) is 0. The third-order valence-corrected chi connectivity index (χ3v) is 7.48. The van der Waals surface area contributed by atoms with E-state index in [9.17, 15) is 4.79 Å². The average molecular weight is 525 g/mol. The van der Waals surface area contributed by atoms with Gasteiger partial charge in [0.1, 0.15) is 12.2 Å². The fourth-order valence-corrected chi connectivity index (χ4v) is 5.29. The maximum Gasteiger partial charge on any atom is 0.512 e. The third-order valence-electron chi connectivity index (χ3n) is 6.97. The molecule has 36 heavy (non-hydrogen) atoms. The first-order chi connectivity index (χ1) is 17.5. The Kier molecular flexibility index (Phi) is 15.0. The summed E-state index contributed by atoms with van der Waals surface area (Å²) in [5.41, 5.74) is 1.99. The molecule has 0 amide bonds. The summed E-state index contributed by atoms with van der Waals surface area (Å²) in [6.07, 6.45) is 17.3. The monoisotopic (exact) mass is 524 g/mol. The summed E-state index contributed by atoms with van der Waals surface area (Å²) < 4.78 is 26.9. The van der Waals surface area contributed by atoms with E-state index in [1.807, 2.05) is 6.92 Å². The molecular formula is C28H50N3O4S+. The van der Waals surface area contributed by atoms with Gasteiger partial charge < -0.3 is 14.2 Å². The number of likely N-dealkylation sites (N-methyl/N-ethyl adjacent to an activating group) is 1. The number of ether oxygens (including phenoxy) is 3. The van der Waals surface area contributed by atoms with Gasteiger partial charge in [0.25, 0.3) is 5.88 Å². The van der Waals surface area contributed by atoms with Gasteiger partial charge in [-0.2, -0.15) is 4.37 Å². The summed E-state index contributed by atoms with van der Waals surface area (Å²) in [7, 11) is 2.19. The van der Waals surface area contributed by atoms with Gasteiger partial charge in [-0.05, 0) is 19.3 Å². The molecule has 0 N–H and O–H groups in total. The smallest absolute Gasteiger partial charge is 0.475 e. The minimum atomic E-state index is -0.549. The summed E-state index contributed by atoms with van der Waals surface area (Å²) in [5.74, 6) is 0.642. The van der Waals surface area contributed by atoms with Crippen LogP contribution in [0.3, 0.4) is 0 Å². The van der Waals surface area contributed by atoms with Gasteiger partial charge in [-0.25, -0.2) is 4.79 Å². The Labute approximate surface area is 223 Å². The van der Waals surface area contributed by atoms with Crippen LogP contribution >= 0.6 is 11.7 Å². The molecule has 2 atom stereocenters. The Hall–Kier alpha value is -1.67. The summed E-state index contributed by atoms with van der Waals surface area (Å²) >= 11 is 1.20. The van der Waals surface area contributed by atoms with Crippen LogP contribution in [0.4, 0.5) is 4.79 Å². The van der Waals surface area contributed by atoms with Crippen molar-refractivity contribution >= 4 is 23.5 Å². The van der Waals surface area contributed by atoms with Crippen molar-refractivity contribution in [2.24, 2.45) is 0 Å². The van der Waals surface area contributed by atoms with Crippen molar-refractivity contribution in [1.82, 2.24) is 8.75 Å². The average Bonchev–Trinajstić information content (AvgIpc) is 3.34. The quantitative estimate of drug-likeness (QED) is 0.105. The highest BCUT2D eigenvalue weighted by atomic mass is 32.1. The molecular weight excluding hydrogens is 474 g/mol. The Balaban J connectivity index is 2.01. The Bertz CT molecular complexity index is 770. The molecule has 8 heteroatoms. The van der Waals surface area contributed by atoms with Crippen LogP contribution < -0.4 is 4.74 Å². The fourth-order valence-electron chi connectivity index (χ4n) is 4.76. The third kappa shape index (κ3) is 10.8. The number of nitrogens with zero attached hydrogens (tertiary/aromatic N) is 3. The molecule has 2 unspecified atom stereocenters. The Morgan fingerprint density at radius 1 is 0.944 bits per heavy atom. The summed E-state index contributed by atoms with van der Waals surface area (Å²) in [6.45, 7) is 9.16. The molecule has 1 aromatic heterocycles. The molecule has 0 aliphatic carbocycles. The van der Waals surface area contributed by atoms with Crippen LogP contribution in [-0.2, 0) is 9.47 Å². The molecule has 0 fully saturated rings. The predicted molar refractivity (Wildman–Crippen MR) is 147 cm³/mol. The summed E-state index contributed by atoms with van der Waals surface area (Å²) in [6, 6.07) is 0. The van der Waals surface area contributed by atoms with Crippen LogP contribution in [0.2, 0.25) is 0 Å². The minimum absolute atomic E-state index is 0.237. The highest BCUT2D eigenvalue weighted by molar-refractivity contribution is 6.99. The second-order valence-electron chi connectivity index (χ2n) is 10.3. The van der Waals surface area contributed by atoms with Crippen LogP contribution in [0.25, 0.3) is 5.57 Å². The first-order valence-electron chi connectivity index (χ1n) is 14.4. The molecule has 1 aliphatic rings. The normalized spacial score (nSPS) is 18.5. The van der Waals surface area contributed by atoms with E-state index in [1.54, 1.807) is 0 Å². The number of carbonyl (C=O) groups excluding carboxylic acids is 1. The molecule has 7 nitrogen and oxygen atoms in total. The Morgan fingerprint density at radius 2 is 1.64 bits per heavy atom. The van der Waals surface area contributed by atoms with Crippen LogP contribution in [0.1, 0.15) is 116 Å². The molecule has 206 valence electrons. The molecule has 0 radical (unpaired) electrons. The van der Waals surface area contributed by atoms with Crippen molar-refractivity contribution in [3.63, 3.8) is 0 Å². The number of quaternary nitrogens is 1. The van der Waals surface area contributed by atoms with Crippen molar-refractivity contribution in [2.45, 2.75) is 117 Å². The van der Waals surface area contributed by atoms with Crippen molar-refractivity contribution in [2.75, 3.05) is 33.4 Å². The largest absolute Gasteiger partial charge is 0.512 e. The van der Waals surface area contributed by atoms with E-state index in [1.165, 1.54) is 69.5 Å². The predicted octanol–water partition coefficient (Wildman–Crippen LogP) is 7.76. The van der Waals surface area contributed by atoms with Gasteiger partial charge in [0, 0.05) is 18.4 Å². The van der Waals surface area contributed by atoms with Crippen molar-refractivity contribution in [3.8, 4) is 5.88 Å². The Morgan fingerprint density at radius 3 is 2.36 bits per heavy atom. The lowest BCUT2D eigenvalue weighted by Crippen LogP contribution is -2.56. The highest BCUT2D eigenvalue weighted by Crippen LogP contribution is 2.33. The van der Waals surface area contributed by atoms with Gasteiger partial charge in [0.15, 0.2) is 0 Å². The number of unbranched alkanes of at least 4 members (excludes halogenated alkanes) is 9. The lowest BCUT2D eigenvalue weighted by atomic mass is 10.0. The number of aromatic nitrogens is 2. The van der Waals surface area contributed by atoms with Gasteiger partial charge in [-0.15, -0.1) is 4.37 Å². The number of hydrogen-bond acceptors (Lipinski definition) is 7. The lowest BCUT2D eigenvalue weighted by Gasteiger charge is -2.42. The maximum atomic E-state index is 12.5. The van der Waals surface area contributed by atoms with E-state index < -0.39 is 6.16 Å². The van der Waals surface area contributed by atoms with Gasteiger partial charge >= 0.3 is 6.16 Å². The van der Waals surface area contributed by atoms with Crippen LogP contribution in [0.5, 0.6) is 5.88 Å². The SMILES string of the molecule is CCCCCCCCCC(OC(=O)OCCC)[N+]1(C)CCC=C(c2nsnc2OCCCCCC)C1. The number of carbonyl (C=O) groups is 1. The zero-order chi connectivity index (χ0) is 26.1. The van der Waals surface area contributed by atoms with E-state index in [0.717, 1.165) is 56.5 Å². The van der Waals surface area contributed by atoms with Crippen LogP contribution in [-0.4, -0.2) is 59.0 Å². The second-order valence-corrected chi connectivity index (χ2v) is 10.8. The molecule has 0 bridgehead atoms. The molecule has 1 aromatic rings. The summed E-state index contributed by atoms with van der Waals surface area (Å²) in [4.78, 5) is 12.5. The van der Waals surface area contributed by atoms with E-state index in [-0.39, 0.29) is 6.23 Å². The molecule has 0 aromatic carbocycles. The fraction of sp³-hybridized carbons (Fsp3) is 0.821. The van der Waals surface area contributed by atoms with Crippen molar-refractivity contribution in [3.05, 3.63) is 11.8 Å². The lowest BCUT2D eigenvalue weighted by molar-refractivity contribution is -0.947. The van der Waals surface area contributed by atoms with E-state index in [0.29, 0.717) is 23.6 Å².